The van der Waals surface area contributed by atoms with Gasteiger partial charge in [-0.15, -0.1) is 0 Å². The standard InChI is InChI=1S/C13H6Cl5NO/c14-6-2-1-3-7(15)12(6)13(20)19-11-5-9(17)8(16)4-10(11)18/h1-5H,(H,19,20). The molecular formula is C13H6Cl5NO. The molecule has 0 aliphatic heterocycles. The highest BCUT2D eigenvalue weighted by molar-refractivity contribution is 6.44. The van der Waals surface area contributed by atoms with E-state index in [2.05, 4.69) is 5.32 Å². The molecule has 1 N–H and O–H groups in total. The smallest absolute Gasteiger partial charge is 0.258 e. The predicted octanol–water partition coefficient (Wildman–Crippen LogP) is 6.21. The second kappa shape index (κ2) is 6.42. The zero-order chi connectivity index (χ0) is 14.9. The lowest BCUT2D eigenvalue weighted by Crippen LogP contribution is -2.13. The number of carbonyl (C=O) groups excluding carboxylic acids is 1. The summed E-state index contributed by atoms with van der Waals surface area (Å²) in [5, 5.41) is 3.91. The zero-order valence-corrected chi connectivity index (χ0v) is 13.5. The van der Waals surface area contributed by atoms with E-state index in [0.29, 0.717) is 10.7 Å². The summed E-state index contributed by atoms with van der Waals surface area (Å²) in [6.07, 6.45) is 0. The third kappa shape index (κ3) is 3.33. The molecule has 2 rings (SSSR count). The number of anilines is 1. The first-order valence-corrected chi connectivity index (χ1v) is 7.19. The van der Waals surface area contributed by atoms with Gasteiger partial charge < -0.3 is 5.32 Å². The Hall–Kier alpha value is -0.640. The quantitative estimate of drug-likeness (QED) is 0.627. The van der Waals surface area contributed by atoms with Crippen LogP contribution in [0.5, 0.6) is 0 Å². The van der Waals surface area contributed by atoms with Crippen molar-refractivity contribution in [2.75, 3.05) is 5.32 Å². The van der Waals surface area contributed by atoms with Crippen LogP contribution in [0, 0.1) is 0 Å². The molecule has 1 amide bonds. The van der Waals surface area contributed by atoms with Crippen LogP contribution in [-0.4, -0.2) is 5.91 Å². The lowest BCUT2D eigenvalue weighted by atomic mass is 10.2. The van der Waals surface area contributed by atoms with Gasteiger partial charge in [-0.1, -0.05) is 64.1 Å². The second-order valence-corrected chi connectivity index (χ2v) is 5.83. The Bertz CT molecular complexity index is 666. The fourth-order valence-corrected chi connectivity index (χ4v) is 2.68. The Morgan fingerprint density at radius 3 is 1.95 bits per heavy atom. The Morgan fingerprint density at radius 1 is 0.800 bits per heavy atom. The van der Waals surface area contributed by atoms with Crippen LogP contribution < -0.4 is 5.32 Å². The van der Waals surface area contributed by atoms with Crippen molar-refractivity contribution in [1.82, 2.24) is 0 Å². The van der Waals surface area contributed by atoms with Crippen LogP contribution in [0.15, 0.2) is 30.3 Å². The van der Waals surface area contributed by atoms with Crippen LogP contribution in [0.2, 0.25) is 25.1 Å². The third-order valence-electron chi connectivity index (χ3n) is 2.45. The number of benzene rings is 2. The highest BCUT2D eigenvalue weighted by Gasteiger charge is 2.16. The molecule has 0 radical (unpaired) electrons. The Balaban J connectivity index is 2.35. The minimum atomic E-state index is -0.485. The third-order valence-corrected chi connectivity index (χ3v) is 4.11. The summed E-state index contributed by atoms with van der Waals surface area (Å²) < 4.78 is 0. The van der Waals surface area contributed by atoms with Gasteiger partial charge in [-0.05, 0) is 24.3 Å². The fourth-order valence-electron chi connectivity index (χ4n) is 1.52. The van der Waals surface area contributed by atoms with E-state index in [1.54, 1.807) is 18.2 Å². The minimum absolute atomic E-state index is 0.165. The Morgan fingerprint density at radius 2 is 1.35 bits per heavy atom. The van der Waals surface area contributed by atoms with Gasteiger partial charge >= 0.3 is 0 Å². The van der Waals surface area contributed by atoms with E-state index in [0.717, 1.165) is 0 Å². The van der Waals surface area contributed by atoms with Gasteiger partial charge in [-0.3, -0.25) is 4.79 Å². The van der Waals surface area contributed by atoms with Crippen molar-refractivity contribution in [3.63, 3.8) is 0 Å². The maximum atomic E-state index is 12.2. The first-order chi connectivity index (χ1) is 9.40. The molecule has 0 aliphatic rings. The van der Waals surface area contributed by atoms with Crippen LogP contribution >= 0.6 is 58.0 Å². The van der Waals surface area contributed by atoms with Crippen molar-refractivity contribution in [3.8, 4) is 0 Å². The van der Waals surface area contributed by atoms with E-state index in [9.17, 15) is 4.79 Å². The number of hydrogen-bond donors (Lipinski definition) is 1. The van der Waals surface area contributed by atoms with Gasteiger partial charge in [0.05, 0.1) is 36.4 Å². The zero-order valence-electron chi connectivity index (χ0n) is 9.68. The lowest BCUT2D eigenvalue weighted by molar-refractivity contribution is 0.102. The van der Waals surface area contributed by atoms with Gasteiger partial charge in [0, 0.05) is 0 Å². The van der Waals surface area contributed by atoms with Gasteiger partial charge in [0.1, 0.15) is 0 Å². The van der Waals surface area contributed by atoms with Crippen molar-refractivity contribution in [3.05, 3.63) is 61.0 Å². The van der Waals surface area contributed by atoms with Crippen LogP contribution in [0.25, 0.3) is 0 Å². The van der Waals surface area contributed by atoms with E-state index in [4.69, 9.17) is 58.0 Å². The van der Waals surface area contributed by atoms with Crippen LogP contribution in [0.3, 0.4) is 0 Å². The summed E-state index contributed by atoms with van der Waals surface area (Å²) in [6.45, 7) is 0. The maximum Gasteiger partial charge on any atom is 0.258 e. The molecule has 0 saturated heterocycles. The SMILES string of the molecule is O=C(Nc1cc(Cl)c(Cl)cc1Cl)c1c(Cl)cccc1Cl. The van der Waals surface area contributed by atoms with E-state index in [1.807, 2.05) is 0 Å². The summed E-state index contributed by atoms with van der Waals surface area (Å²) >= 11 is 29.6. The topological polar surface area (TPSA) is 29.1 Å². The molecule has 2 nitrogen and oxygen atoms in total. The summed E-state index contributed by atoms with van der Waals surface area (Å²) in [6, 6.07) is 7.68. The summed E-state index contributed by atoms with van der Waals surface area (Å²) in [5.41, 5.74) is 0.486. The van der Waals surface area contributed by atoms with E-state index >= 15 is 0 Å². The van der Waals surface area contributed by atoms with Gasteiger partial charge in [0.2, 0.25) is 0 Å². The van der Waals surface area contributed by atoms with Crippen molar-refractivity contribution >= 4 is 69.6 Å². The van der Waals surface area contributed by atoms with Crippen LogP contribution in [0.1, 0.15) is 10.4 Å². The van der Waals surface area contributed by atoms with Crippen molar-refractivity contribution in [2.45, 2.75) is 0 Å². The molecule has 0 bridgehead atoms. The molecule has 0 fully saturated rings. The molecule has 0 heterocycles. The van der Waals surface area contributed by atoms with Gasteiger partial charge in [-0.25, -0.2) is 0 Å². The number of hydrogen-bond acceptors (Lipinski definition) is 1. The summed E-state index contributed by atoms with van der Waals surface area (Å²) in [4.78, 5) is 12.2. The van der Waals surface area contributed by atoms with E-state index in [1.165, 1.54) is 12.1 Å². The average molecular weight is 369 g/mol. The van der Waals surface area contributed by atoms with E-state index in [-0.39, 0.29) is 25.7 Å². The van der Waals surface area contributed by atoms with Crippen LogP contribution in [0.4, 0.5) is 5.69 Å². The molecule has 0 atom stereocenters. The molecule has 0 unspecified atom stereocenters. The lowest BCUT2D eigenvalue weighted by Gasteiger charge is -2.10. The molecule has 0 aliphatic carbocycles. The molecule has 7 heteroatoms. The number of nitrogens with one attached hydrogen (secondary N) is 1. The van der Waals surface area contributed by atoms with Gasteiger partial charge in [0.15, 0.2) is 0 Å². The molecule has 0 aromatic heterocycles. The molecule has 0 saturated carbocycles. The maximum absolute atomic E-state index is 12.2. The van der Waals surface area contributed by atoms with Crippen molar-refractivity contribution in [2.24, 2.45) is 0 Å². The number of halogens is 5. The molecule has 2 aromatic rings. The highest BCUT2D eigenvalue weighted by Crippen LogP contribution is 2.33. The largest absolute Gasteiger partial charge is 0.320 e. The van der Waals surface area contributed by atoms with Gasteiger partial charge in [0.25, 0.3) is 5.91 Å². The normalized spacial score (nSPS) is 10.4. The number of carbonyl (C=O) groups is 1. The number of amides is 1. The average Bonchev–Trinajstić information content (AvgIpc) is 2.35. The Labute approximate surface area is 140 Å². The van der Waals surface area contributed by atoms with Crippen molar-refractivity contribution < 1.29 is 4.79 Å². The monoisotopic (exact) mass is 367 g/mol. The summed E-state index contributed by atoms with van der Waals surface area (Å²) in [5.74, 6) is -0.485. The molecule has 2 aromatic carbocycles. The van der Waals surface area contributed by atoms with Gasteiger partial charge in [-0.2, -0.15) is 0 Å². The van der Waals surface area contributed by atoms with Crippen LogP contribution in [-0.2, 0) is 0 Å². The molecule has 0 spiro atoms. The number of rotatable bonds is 2. The highest BCUT2D eigenvalue weighted by atomic mass is 35.5. The predicted molar refractivity (Wildman–Crippen MR) is 85.9 cm³/mol. The fraction of sp³-hybridized carbons (Fsp3) is 0. The molecule has 20 heavy (non-hydrogen) atoms. The molecular weight excluding hydrogens is 363 g/mol. The first kappa shape index (κ1) is 15.7. The first-order valence-electron chi connectivity index (χ1n) is 5.30. The van der Waals surface area contributed by atoms with Crippen molar-refractivity contribution in [1.29, 1.82) is 0 Å². The van der Waals surface area contributed by atoms with E-state index < -0.39 is 5.91 Å². The summed E-state index contributed by atoms with van der Waals surface area (Å²) in [7, 11) is 0. The minimum Gasteiger partial charge on any atom is -0.320 e. The second-order valence-electron chi connectivity index (χ2n) is 3.80. The molecule has 104 valence electrons. The Kier molecular flexibility index (Phi) is 5.05.